The number of alkyl halides is 3. The summed E-state index contributed by atoms with van der Waals surface area (Å²) in [6.45, 7) is 0. The zero-order valence-corrected chi connectivity index (χ0v) is 11.1. The van der Waals surface area contributed by atoms with Gasteiger partial charge in [0, 0.05) is 5.56 Å². The molecule has 0 bridgehead atoms. The summed E-state index contributed by atoms with van der Waals surface area (Å²) in [5, 5.41) is 15.8. The van der Waals surface area contributed by atoms with Crippen molar-refractivity contribution in [1.29, 1.82) is 0 Å². The molecule has 0 aliphatic carbocycles. The van der Waals surface area contributed by atoms with E-state index >= 15 is 0 Å². The van der Waals surface area contributed by atoms with Crippen molar-refractivity contribution in [2.45, 2.75) is 11.3 Å². The first-order valence-corrected chi connectivity index (χ1v) is 6.51. The number of aromatic nitrogens is 3. The largest absolute Gasteiger partial charge is 0.481 e. The Balaban J connectivity index is 2.42. The van der Waals surface area contributed by atoms with Gasteiger partial charge >= 0.3 is 12.1 Å². The first-order chi connectivity index (χ1) is 9.80. The van der Waals surface area contributed by atoms with Crippen LogP contribution in [0.3, 0.4) is 0 Å². The minimum atomic E-state index is -4.56. The molecule has 0 amide bonds. The maximum absolute atomic E-state index is 12.9. The molecular formula is C11H9F3N4O2S. The van der Waals surface area contributed by atoms with E-state index in [2.05, 4.69) is 10.2 Å². The third kappa shape index (κ3) is 3.27. The number of nitrogens with two attached hydrogens (primary N) is 1. The van der Waals surface area contributed by atoms with E-state index in [-0.39, 0.29) is 22.3 Å². The van der Waals surface area contributed by atoms with E-state index in [9.17, 15) is 18.0 Å². The average molecular weight is 318 g/mol. The van der Waals surface area contributed by atoms with E-state index in [1.54, 1.807) is 0 Å². The number of carboxylic acid groups (broad SMARTS) is 1. The minimum absolute atomic E-state index is 0.0179. The maximum Gasteiger partial charge on any atom is 0.417 e. The fourth-order valence-corrected chi connectivity index (χ4v) is 2.19. The Bertz CT molecular complexity index is 672. The molecule has 10 heteroatoms. The van der Waals surface area contributed by atoms with Crippen molar-refractivity contribution in [3.63, 3.8) is 0 Å². The van der Waals surface area contributed by atoms with Crippen molar-refractivity contribution in [3.05, 3.63) is 29.8 Å². The number of nitrogen functional groups attached to an aromatic ring is 1. The van der Waals surface area contributed by atoms with Gasteiger partial charge in [-0.1, -0.05) is 30.0 Å². The minimum Gasteiger partial charge on any atom is -0.481 e. The average Bonchev–Trinajstić information content (AvgIpc) is 2.76. The Kier molecular flexibility index (Phi) is 4.07. The highest BCUT2D eigenvalue weighted by atomic mass is 32.2. The summed E-state index contributed by atoms with van der Waals surface area (Å²) in [6, 6.07) is 4.81. The number of benzene rings is 1. The monoisotopic (exact) mass is 318 g/mol. The highest BCUT2D eigenvalue weighted by Crippen LogP contribution is 2.36. The molecule has 0 aliphatic heterocycles. The lowest BCUT2D eigenvalue weighted by molar-refractivity contribution is -0.137. The number of halogens is 3. The Morgan fingerprint density at radius 3 is 2.62 bits per heavy atom. The van der Waals surface area contributed by atoms with E-state index in [4.69, 9.17) is 10.9 Å². The smallest absolute Gasteiger partial charge is 0.417 e. The fourth-order valence-electron chi connectivity index (χ4n) is 1.61. The molecule has 0 spiro atoms. The summed E-state index contributed by atoms with van der Waals surface area (Å²) in [4.78, 5) is 10.5. The van der Waals surface area contributed by atoms with Crippen LogP contribution in [0, 0.1) is 0 Å². The molecule has 0 atom stereocenters. The lowest BCUT2D eigenvalue weighted by atomic mass is 10.1. The van der Waals surface area contributed by atoms with Gasteiger partial charge in [0.15, 0.2) is 5.82 Å². The van der Waals surface area contributed by atoms with Gasteiger partial charge in [-0.15, -0.1) is 10.2 Å². The van der Waals surface area contributed by atoms with Crippen molar-refractivity contribution in [3.8, 4) is 11.4 Å². The Morgan fingerprint density at radius 1 is 1.33 bits per heavy atom. The Hall–Kier alpha value is -2.23. The number of carbonyl (C=O) groups is 1. The normalized spacial score (nSPS) is 11.6. The number of rotatable bonds is 4. The van der Waals surface area contributed by atoms with Gasteiger partial charge in [0.25, 0.3) is 0 Å². The maximum atomic E-state index is 12.9. The fraction of sp³-hybridized carbons (Fsp3) is 0.182. The molecule has 0 saturated carbocycles. The standard InChI is InChI=1S/C11H9F3N4O2S/c12-11(13,14)7-4-2-1-3-6(7)9-16-17-10(18(9)15)21-5-8(19)20/h1-4H,5,15H2,(H,19,20). The zero-order valence-electron chi connectivity index (χ0n) is 10.3. The second-order valence-corrected chi connectivity index (χ2v) is 4.84. The van der Waals surface area contributed by atoms with Gasteiger partial charge in [-0.25, -0.2) is 4.68 Å². The zero-order chi connectivity index (χ0) is 15.6. The quantitative estimate of drug-likeness (QED) is 0.660. The van der Waals surface area contributed by atoms with Crippen molar-refractivity contribution in [1.82, 2.24) is 14.9 Å². The van der Waals surface area contributed by atoms with E-state index < -0.39 is 17.7 Å². The first kappa shape index (κ1) is 15.2. The van der Waals surface area contributed by atoms with Gasteiger partial charge in [-0.05, 0) is 6.07 Å². The molecule has 2 aromatic rings. The SMILES string of the molecule is Nn1c(SCC(=O)O)nnc1-c1ccccc1C(F)(F)F. The van der Waals surface area contributed by atoms with E-state index in [1.807, 2.05) is 0 Å². The lowest BCUT2D eigenvalue weighted by Crippen LogP contribution is -2.15. The molecular weight excluding hydrogens is 309 g/mol. The molecule has 21 heavy (non-hydrogen) atoms. The van der Waals surface area contributed by atoms with E-state index in [0.29, 0.717) is 0 Å². The Labute approximate surface area is 120 Å². The molecule has 3 N–H and O–H groups in total. The first-order valence-electron chi connectivity index (χ1n) is 5.52. The van der Waals surface area contributed by atoms with Crippen molar-refractivity contribution >= 4 is 17.7 Å². The van der Waals surface area contributed by atoms with Crippen LogP contribution in [0.25, 0.3) is 11.4 Å². The summed E-state index contributed by atoms with van der Waals surface area (Å²) < 4.78 is 39.7. The molecule has 0 fully saturated rings. The molecule has 0 unspecified atom stereocenters. The number of thioether (sulfide) groups is 1. The molecule has 2 rings (SSSR count). The Morgan fingerprint density at radius 2 is 2.00 bits per heavy atom. The summed E-state index contributed by atoms with van der Waals surface area (Å²) in [5.74, 6) is 4.04. The summed E-state index contributed by atoms with van der Waals surface area (Å²) in [5.41, 5.74) is -1.11. The topological polar surface area (TPSA) is 94.0 Å². The summed E-state index contributed by atoms with van der Waals surface area (Å²) in [7, 11) is 0. The van der Waals surface area contributed by atoms with Crippen LogP contribution in [0.15, 0.2) is 29.4 Å². The lowest BCUT2D eigenvalue weighted by Gasteiger charge is -2.11. The van der Waals surface area contributed by atoms with Crippen LogP contribution in [0.5, 0.6) is 0 Å². The van der Waals surface area contributed by atoms with Crippen LogP contribution in [0.4, 0.5) is 13.2 Å². The van der Waals surface area contributed by atoms with E-state index in [1.165, 1.54) is 18.2 Å². The van der Waals surface area contributed by atoms with Gasteiger partial charge in [0.05, 0.1) is 11.3 Å². The van der Waals surface area contributed by atoms with Crippen LogP contribution >= 0.6 is 11.8 Å². The van der Waals surface area contributed by atoms with Crippen molar-refractivity contribution in [2.75, 3.05) is 11.6 Å². The van der Waals surface area contributed by atoms with Crippen LogP contribution in [0.1, 0.15) is 5.56 Å². The molecule has 112 valence electrons. The van der Waals surface area contributed by atoms with Crippen molar-refractivity contribution in [2.24, 2.45) is 0 Å². The number of hydrogen-bond acceptors (Lipinski definition) is 5. The molecule has 1 heterocycles. The second-order valence-electron chi connectivity index (χ2n) is 3.90. The predicted octanol–water partition coefficient (Wildman–Crippen LogP) is 1.85. The molecule has 6 nitrogen and oxygen atoms in total. The highest BCUT2D eigenvalue weighted by Gasteiger charge is 2.34. The number of nitrogens with zero attached hydrogens (tertiary/aromatic N) is 3. The highest BCUT2D eigenvalue weighted by molar-refractivity contribution is 7.99. The predicted molar refractivity (Wildman–Crippen MR) is 69.0 cm³/mol. The van der Waals surface area contributed by atoms with E-state index in [0.717, 1.165) is 22.5 Å². The van der Waals surface area contributed by atoms with Crippen LogP contribution in [-0.2, 0) is 11.0 Å². The molecule has 0 aliphatic rings. The number of hydrogen-bond donors (Lipinski definition) is 2. The van der Waals surface area contributed by atoms with Crippen LogP contribution in [-0.4, -0.2) is 31.7 Å². The summed E-state index contributed by atoms with van der Waals surface area (Å²) in [6.07, 6.45) is -4.56. The van der Waals surface area contributed by atoms with Gasteiger partial charge in [-0.2, -0.15) is 13.2 Å². The molecule has 0 saturated heterocycles. The molecule has 1 aromatic carbocycles. The van der Waals surface area contributed by atoms with Gasteiger partial charge in [-0.3, -0.25) is 4.79 Å². The summed E-state index contributed by atoms with van der Waals surface area (Å²) >= 11 is 0.768. The number of carboxylic acids is 1. The van der Waals surface area contributed by atoms with Gasteiger partial charge in [0.2, 0.25) is 5.16 Å². The number of aliphatic carboxylic acids is 1. The third-order valence-corrected chi connectivity index (χ3v) is 3.39. The third-order valence-electron chi connectivity index (χ3n) is 2.46. The second kappa shape index (κ2) is 5.64. The van der Waals surface area contributed by atoms with Crippen molar-refractivity contribution < 1.29 is 23.1 Å². The van der Waals surface area contributed by atoms with Crippen LogP contribution < -0.4 is 5.84 Å². The molecule has 1 aromatic heterocycles. The van der Waals surface area contributed by atoms with Gasteiger partial charge < -0.3 is 10.9 Å². The molecule has 0 radical (unpaired) electrons. The van der Waals surface area contributed by atoms with Crippen LogP contribution in [0.2, 0.25) is 0 Å². The van der Waals surface area contributed by atoms with Gasteiger partial charge in [0.1, 0.15) is 0 Å².